The molecule has 0 radical (unpaired) electrons. The number of carbonyl (C=O) groups excluding carboxylic acids is 4. The van der Waals surface area contributed by atoms with Crippen molar-refractivity contribution in [2.75, 3.05) is 24.7 Å². The fourth-order valence-electron chi connectivity index (χ4n) is 3.53. The molecule has 8 heteroatoms. The zero-order valence-electron chi connectivity index (χ0n) is 18.8. The average molecular weight is 453 g/mol. The Hall–Kier alpha value is -3.68. The van der Waals surface area contributed by atoms with Crippen molar-refractivity contribution < 1.29 is 28.7 Å². The van der Waals surface area contributed by atoms with Crippen LogP contribution >= 0.6 is 0 Å². The molecule has 2 atom stereocenters. The number of carbonyl (C=O) groups is 4. The number of hydrogen-bond acceptors (Lipinski definition) is 6. The first-order valence-corrected chi connectivity index (χ1v) is 11.0. The van der Waals surface area contributed by atoms with Gasteiger partial charge in [0.05, 0.1) is 24.1 Å². The SMILES string of the molecule is CCCOC(=O)c1ccc(N2C[C@@H](C(=O)OCC(=O)N[C@@H](C)c3ccccc3)CC2=O)cc1. The second-order valence-corrected chi connectivity index (χ2v) is 7.90. The summed E-state index contributed by atoms with van der Waals surface area (Å²) in [7, 11) is 0. The number of nitrogens with one attached hydrogen (secondary N) is 1. The minimum atomic E-state index is -0.661. The van der Waals surface area contributed by atoms with Crippen molar-refractivity contribution in [2.45, 2.75) is 32.7 Å². The molecule has 1 aliphatic heterocycles. The van der Waals surface area contributed by atoms with Gasteiger partial charge in [0.1, 0.15) is 0 Å². The zero-order chi connectivity index (χ0) is 23.8. The number of hydrogen-bond donors (Lipinski definition) is 1. The summed E-state index contributed by atoms with van der Waals surface area (Å²) < 4.78 is 10.2. The quantitative estimate of drug-likeness (QED) is 0.587. The predicted molar refractivity (Wildman–Crippen MR) is 121 cm³/mol. The number of rotatable bonds is 9. The summed E-state index contributed by atoms with van der Waals surface area (Å²) in [6, 6.07) is 15.7. The zero-order valence-corrected chi connectivity index (χ0v) is 18.8. The van der Waals surface area contributed by atoms with Crippen molar-refractivity contribution in [2.24, 2.45) is 5.92 Å². The maximum absolute atomic E-state index is 12.4. The Morgan fingerprint density at radius 1 is 1.06 bits per heavy atom. The number of ether oxygens (including phenoxy) is 2. The van der Waals surface area contributed by atoms with Gasteiger partial charge >= 0.3 is 11.9 Å². The normalized spacial score (nSPS) is 16.2. The van der Waals surface area contributed by atoms with Crippen molar-refractivity contribution in [3.63, 3.8) is 0 Å². The number of esters is 2. The monoisotopic (exact) mass is 452 g/mol. The molecule has 2 aromatic carbocycles. The molecule has 1 aliphatic rings. The van der Waals surface area contributed by atoms with Crippen LogP contribution < -0.4 is 10.2 Å². The van der Waals surface area contributed by atoms with Gasteiger partial charge in [0.25, 0.3) is 5.91 Å². The lowest BCUT2D eigenvalue weighted by Gasteiger charge is -2.17. The van der Waals surface area contributed by atoms with Gasteiger partial charge in [-0.2, -0.15) is 0 Å². The molecule has 0 saturated carbocycles. The minimum absolute atomic E-state index is 0.00115. The fourth-order valence-corrected chi connectivity index (χ4v) is 3.53. The molecule has 8 nitrogen and oxygen atoms in total. The van der Waals surface area contributed by atoms with Gasteiger partial charge in [0, 0.05) is 18.7 Å². The molecule has 0 aliphatic carbocycles. The molecule has 1 heterocycles. The van der Waals surface area contributed by atoms with Crippen molar-refractivity contribution >= 4 is 29.4 Å². The van der Waals surface area contributed by atoms with Gasteiger partial charge in [-0.25, -0.2) is 4.79 Å². The van der Waals surface area contributed by atoms with Crippen LogP contribution in [0, 0.1) is 5.92 Å². The van der Waals surface area contributed by atoms with Gasteiger partial charge in [-0.1, -0.05) is 37.3 Å². The van der Waals surface area contributed by atoms with Crippen LogP contribution in [-0.2, 0) is 23.9 Å². The van der Waals surface area contributed by atoms with E-state index in [1.807, 2.05) is 44.2 Å². The average Bonchev–Trinajstić information content (AvgIpc) is 3.23. The molecular weight excluding hydrogens is 424 g/mol. The largest absolute Gasteiger partial charge is 0.462 e. The Bertz CT molecular complexity index is 990. The second kappa shape index (κ2) is 11.3. The molecule has 1 fully saturated rings. The molecule has 0 aromatic heterocycles. The summed E-state index contributed by atoms with van der Waals surface area (Å²) in [5, 5.41) is 2.78. The molecule has 174 valence electrons. The second-order valence-electron chi connectivity index (χ2n) is 7.90. The predicted octanol–water partition coefficient (Wildman–Crippen LogP) is 3.03. The third-order valence-electron chi connectivity index (χ3n) is 5.33. The molecule has 2 amide bonds. The highest BCUT2D eigenvalue weighted by Crippen LogP contribution is 2.26. The van der Waals surface area contributed by atoms with Crippen molar-refractivity contribution in [1.29, 1.82) is 0 Å². The first-order chi connectivity index (χ1) is 15.9. The lowest BCUT2D eigenvalue weighted by atomic mass is 10.1. The minimum Gasteiger partial charge on any atom is -0.462 e. The Kier molecular flexibility index (Phi) is 8.18. The molecule has 1 saturated heterocycles. The Morgan fingerprint density at radius 3 is 2.42 bits per heavy atom. The van der Waals surface area contributed by atoms with Gasteiger partial charge in [-0.15, -0.1) is 0 Å². The Morgan fingerprint density at radius 2 is 1.76 bits per heavy atom. The highest BCUT2D eigenvalue weighted by atomic mass is 16.5. The number of nitrogens with zero attached hydrogens (tertiary/aromatic N) is 1. The Balaban J connectivity index is 1.49. The van der Waals surface area contributed by atoms with Crippen molar-refractivity contribution in [3.8, 4) is 0 Å². The maximum atomic E-state index is 12.4. The molecular formula is C25H28N2O6. The van der Waals surface area contributed by atoms with E-state index in [2.05, 4.69) is 5.32 Å². The number of benzene rings is 2. The molecule has 1 N–H and O–H groups in total. The van der Waals surface area contributed by atoms with Crippen LogP contribution in [0.3, 0.4) is 0 Å². The highest BCUT2D eigenvalue weighted by Gasteiger charge is 2.36. The Labute approximate surface area is 192 Å². The van der Waals surface area contributed by atoms with Crippen LogP contribution in [0.4, 0.5) is 5.69 Å². The summed E-state index contributed by atoms with van der Waals surface area (Å²) >= 11 is 0. The van der Waals surface area contributed by atoms with Crippen LogP contribution in [0.5, 0.6) is 0 Å². The smallest absolute Gasteiger partial charge is 0.338 e. The van der Waals surface area contributed by atoms with E-state index in [9.17, 15) is 19.2 Å². The third-order valence-corrected chi connectivity index (χ3v) is 5.33. The lowest BCUT2D eigenvalue weighted by Crippen LogP contribution is -2.32. The first kappa shape index (κ1) is 24.0. The maximum Gasteiger partial charge on any atom is 0.338 e. The third kappa shape index (κ3) is 6.41. The van der Waals surface area contributed by atoms with Gasteiger partial charge < -0.3 is 19.7 Å². The van der Waals surface area contributed by atoms with Crippen LogP contribution in [-0.4, -0.2) is 43.5 Å². The van der Waals surface area contributed by atoms with Gasteiger partial charge in [0.2, 0.25) is 5.91 Å². The number of amides is 2. The summed E-state index contributed by atoms with van der Waals surface area (Å²) in [5.41, 5.74) is 1.92. The molecule has 3 rings (SSSR count). The van der Waals surface area contributed by atoms with Crippen molar-refractivity contribution in [1.82, 2.24) is 5.32 Å². The van der Waals surface area contributed by atoms with Gasteiger partial charge in [-0.3, -0.25) is 14.4 Å². The van der Waals surface area contributed by atoms with E-state index in [-0.39, 0.29) is 24.9 Å². The first-order valence-electron chi connectivity index (χ1n) is 11.0. The van der Waals surface area contributed by atoms with E-state index in [4.69, 9.17) is 9.47 Å². The van der Waals surface area contributed by atoms with E-state index in [1.54, 1.807) is 24.3 Å². The molecule has 0 unspecified atom stereocenters. The topological polar surface area (TPSA) is 102 Å². The summed E-state index contributed by atoms with van der Waals surface area (Å²) in [4.78, 5) is 50.4. The van der Waals surface area contributed by atoms with Gasteiger partial charge in [0.15, 0.2) is 6.61 Å². The van der Waals surface area contributed by atoms with Crippen LogP contribution in [0.25, 0.3) is 0 Å². The number of anilines is 1. The summed E-state index contributed by atoms with van der Waals surface area (Å²) in [5.74, 6) is -2.30. The molecule has 2 aromatic rings. The lowest BCUT2D eigenvalue weighted by molar-refractivity contribution is -0.152. The van der Waals surface area contributed by atoms with Crippen LogP contribution in [0.15, 0.2) is 54.6 Å². The summed E-state index contributed by atoms with van der Waals surface area (Å²) in [6.45, 7) is 3.85. The van der Waals surface area contributed by atoms with Crippen molar-refractivity contribution in [3.05, 3.63) is 65.7 Å². The van der Waals surface area contributed by atoms with E-state index >= 15 is 0 Å². The summed E-state index contributed by atoms with van der Waals surface area (Å²) in [6.07, 6.45) is 0.735. The van der Waals surface area contributed by atoms with E-state index in [0.29, 0.717) is 17.9 Å². The van der Waals surface area contributed by atoms with E-state index < -0.39 is 30.4 Å². The molecule has 0 bridgehead atoms. The van der Waals surface area contributed by atoms with Gasteiger partial charge in [-0.05, 0) is 43.2 Å². The molecule has 33 heavy (non-hydrogen) atoms. The highest BCUT2D eigenvalue weighted by molar-refractivity contribution is 6.00. The van der Waals surface area contributed by atoms with Crippen LogP contribution in [0.2, 0.25) is 0 Å². The standard InChI is InChI=1S/C25H28N2O6/c1-3-13-32-24(30)19-9-11-21(12-10-19)27-15-20(14-23(27)29)25(31)33-16-22(28)26-17(2)18-7-5-4-6-8-18/h4-12,17,20H,3,13-16H2,1-2H3,(H,26,28)/t17-,20-/m0/s1. The van der Waals surface area contributed by atoms with E-state index in [1.165, 1.54) is 4.90 Å². The molecule has 0 spiro atoms. The van der Waals surface area contributed by atoms with Crippen LogP contribution in [0.1, 0.15) is 48.7 Å². The van der Waals surface area contributed by atoms with E-state index in [0.717, 1.165) is 12.0 Å². The fraction of sp³-hybridized carbons (Fsp3) is 0.360.